The normalized spacial score (nSPS) is 32.8. The molecule has 2 aromatic carbocycles. The molecule has 9 nitrogen and oxygen atoms in total. The quantitative estimate of drug-likeness (QED) is 0.351. The molecule has 4 fully saturated rings. The number of piperazine rings is 1. The van der Waals surface area contributed by atoms with Crippen LogP contribution in [-0.2, 0) is 25.7 Å². The maximum absolute atomic E-state index is 14.4. The van der Waals surface area contributed by atoms with Crippen LogP contribution in [0.4, 0.5) is 10.1 Å². The van der Waals surface area contributed by atoms with Gasteiger partial charge in [-0.2, -0.15) is 0 Å². The number of ether oxygens (including phenoxy) is 1. The van der Waals surface area contributed by atoms with Gasteiger partial charge in [-0.25, -0.2) is 4.39 Å². The van der Waals surface area contributed by atoms with Gasteiger partial charge in [-0.1, -0.05) is 80.8 Å². The highest BCUT2D eigenvalue weighted by Gasteiger charge is 2.72. The topological polar surface area (TPSA) is 94.2 Å². The van der Waals surface area contributed by atoms with E-state index in [0.29, 0.717) is 30.5 Å². The molecule has 7 rings (SSSR count). The predicted molar refractivity (Wildman–Crippen MR) is 186 cm³/mol. The summed E-state index contributed by atoms with van der Waals surface area (Å²) < 4.78 is 20.3. The van der Waals surface area contributed by atoms with Crippen LogP contribution in [0.5, 0.6) is 0 Å². The number of carbonyl (C=O) groups excluding carboxylic acids is 3. The first-order valence-electron chi connectivity index (χ1n) is 17.9. The van der Waals surface area contributed by atoms with E-state index in [2.05, 4.69) is 58.5 Å². The largest absolute Gasteiger partial charge is 0.359 e. The van der Waals surface area contributed by atoms with Crippen molar-refractivity contribution in [1.82, 2.24) is 20.0 Å². The van der Waals surface area contributed by atoms with Crippen molar-refractivity contribution in [3.63, 3.8) is 0 Å². The highest BCUT2D eigenvalue weighted by Crippen LogP contribution is 2.55. The first-order valence-corrected chi connectivity index (χ1v) is 18.2. The number of hydrogen-bond donors (Lipinski definition) is 2. The number of amides is 3. The van der Waals surface area contributed by atoms with E-state index in [0.717, 1.165) is 58.5 Å². The Bertz CT molecular complexity index is 1580. The van der Waals surface area contributed by atoms with E-state index in [-0.39, 0.29) is 22.9 Å². The van der Waals surface area contributed by atoms with Crippen molar-refractivity contribution in [2.24, 2.45) is 23.7 Å². The van der Waals surface area contributed by atoms with Gasteiger partial charge in [0, 0.05) is 51.0 Å². The number of hydrogen-bond acceptors (Lipinski definition) is 6. The lowest BCUT2D eigenvalue weighted by Crippen LogP contribution is -2.58. The Morgan fingerprint density at radius 1 is 1.00 bits per heavy atom. The number of anilines is 1. The summed E-state index contributed by atoms with van der Waals surface area (Å²) in [5.74, 6) is -2.33. The summed E-state index contributed by atoms with van der Waals surface area (Å²) >= 11 is 5.97. The molecule has 262 valence electrons. The van der Waals surface area contributed by atoms with Crippen molar-refractivity contribution in [2.45, 2.75) is 69.9 Å². The van der Waals surface area contributed by atoms with Crippen LogP contribution in [0, 0.1) is 29.5 Å². The summed E-state index contributed by atoms with van der Waals surface area (Å²) in [4.78, 5) is 49.1. The van der Waals surface area contributed by atoms with E-state index in [1.54, 1.807) is 4.90 Å². The minimum atomic E-state index is -1.24. The lowest BCUT2D eigenvalue weighted by molar-refractivity contribution is -0.141. The van der Waals surface area contributed by atoms with Crippen molar-refractivity contribution >= 4 is 35.0 Å². The molecule has 4 heterocycles. The van der Waals surface area contributed by atoms with Gasteiger partial charge in [0.05, 0.1) is 23.0 Å². The van der Waals surface area contributed by atoms with Crippen LogP contribution in [0.25, 0.3) is 0 Å². The van der Waals surface area contributed by atoms with Gasteiger partial charge in [-0.05, 0) is 55.0 Å². The average Bonchev–Trinajstić information content (AvgIpc) is 3.73. The van der Waals surface area contributed by atoms with E-state index >= 15 is 0 Å². The van der Waals surface area contributed by atoms with Crippen molar-refractivity contribution in [3.8, 4) is 0 Å². The minimum Gasteiger partial charge on any atom is -0.359 e. The number of carbonyl (C=O) groups is 3. The van der Waals surface area contributed by atoms with Gasteiger partial charge < -0.3 is 25.2 Å². The van der Waals surface area contributed by atoms with E-state index in [1.165, 1.54) is 23.8 Å². The summed E-state index contributed by atoms with van der Waals surface area (Å²) in [5.41, 5.74) is 0.410. The molecule has 2 aromatic rings. The Morgan fingerprint density at radius 2 is 1.76 bits per heavy atom. The maximum Gasteiger partial charge on any atom is 0.246 e. The zero-order valence-electron chi connectivity index (χ0n) is 28.3. The Hall–Kier alpha value is -3.31. The second kappa shape index (κ2) is 14.1. The first kappa shape index (κ1) is 34.2. The molecule has 2 bridgehead atoms. The van der Waals surface area contributed by atoms with Crippen molar-refractivity contribution in [2.75, 3.05) is 44.6 Å². The van der Waals surface area contributed by atoms with E-state index in [1.807, 2.05) is 18.2 Å². The molecular weight excluding hydrogens is 645 g/mol. The standard InChI is InChI=1S/C38H47ClFN5O4/c1-24-8-6-11-30(25(24)2)42-36(47)34-38-15-14-31(49-38)32(35(46)41-27-12-13-29(40)28(39)22-27)33(38)37(48)45(34)17-7-16-43-18-20-44(21-19-43)23-26-9-4-3-5-10-26/h3-5,9-10,12-15,22,24-25,30-34H,6-8,11,16-21,23H2,1-2H3,(H,41,46)(H,42,47)/t24?,25?,30?,31-,32?,33-,34?,38?/m0/s1. The molecule has 0 radical (unpaired) electrons. The molecule has 8 atom stereocenters. The van der Waals surface area contributed by atoms with Crippen molar-refractivity contribution in [3.05, 3.63) is 77.1 Å². The Morgan fingerprint density at radius 3 is 2.51 bits per heavy atom. The van der Waals surface area contributed by atoms with Crippen molar-refractivity contribution in [1.29, 1.82) is 0 Å². The summed E-state index contributed by atoms with van der Waals surface area (Å²) in [5, 5.41) is 6.04. The van der Waals surface area contributed by atoms with Gasteiger partial charge in [0.2, 0.25) is 17.7 Å². The van der Waals surface area contributed by atoms with Crippen LogP contribution in [-0.4, -0.2) is 95.5 Å². The fourth-order valence-electron chi connectivity index (χ4n) is 8.83. The second-order valence-corrected chi connectivity index (χ2v) is 15.1. The van der Waals surface area contributed by atoms with Crippen LogP contribution >= 0.6 is 11.6 Å². The van der Waals surface area contributed by atoms with Gasteiger partial charge in [0.1, 0.15) is 17.5 Å². The Kier molecular flexibility index (Phi) is 9.85. The predicted octanol–water partition coefficient (Wildman–Crippen LogP) is 4.72. The molecule has 1 spiro atoms. The monoisotopic (exact) mass is 691 g/mol. The number of rotatable bonds is 10. The lowest BCUT2D eigenvalue weighted by atomic mass is 9.73. The second-order valence-electron chi connectivity index (χ2n) is 14.7. The van der Waals surface area contributed by atoms with Crippen LogP contribution < -0.4 is 10.6 Å². The molecule has 1 aliphatic carbocycles. The molecule has 1 saturated carbocycles. The molecule has 6 unspecified atom stereocenters. The third-order valence-corrected chi connectivity index (χ3v) is 12.0. The summed E-state index contributed by atoms with van der Waals surface area (Å²) in [6, 6.07) is 13.6. The maximum atomic E-state index is 14.4. The first-order chi connectivity index (χ1) is 23.6. The average molecular weight is 692 g/mol. The number of fused-ring (bicyclic) bond motifs is 1. The van der Waals surface area contributed by atoms with E-state index in [4.69, 9.17) is 16.3 Å². The summed E-state index contributed by atoms with van der Waals surface area (Å²) in [6.07, 6.45) is 6.80. The fourth-order valence-corrected chi connectivity index (χ4v) is 9.01. The zero-order chi connectivity index (χ0) is 34.3. The number of likely N-dealkylation sites (tertiary alicyclic amines) is 1. The van der Waals surface area contributed by atoms with Crippen LogP contribution in [0.3, 0.4) is 0 Å². The molecule has 3 saturated heterocycles. The Balaban J connectivity index is 1.06. The van der Waals surface area contributed by atoms with Gasteiger partial charge in [-0.3, -0.25) is 19.3 Å². The molecular formula is C38H47ClFN5O4. The third-order valence-electron chi connectivity index (χ3n) is 11.7. The van der Waals surface area contributed by atoms with Crippen LogP contribution in [0.2, 0.25) is 5.02 Å². The molecule has 2 N–H and O–H groups in total. The fraction of sp³-hybridized carbons (Fsp3) is 0.553. The van der Waals surface area contributed by atoms with E-state index < -0.39 is 41.3 Å². The molecule has 49 heavy (non-hydrogen) atoms. The molecule has 5 aliphatic rings. The molecule has 3 amide bonds. The SMILES string of the molecule is CC1CCCC(NC(=O)C2N(CCCN3CCN(Cc4ccccc4)CC3)C(=O)[C@@H]3C(C(=O)Nc4ccc(F)c(Cl)c4)[C@@H]4C=CC23O4)C1C. The van der Waals surface area contributed by atoms with Crippen molar-refractivity contribution < 1.29 is 23.5 Å². The van der Waals surface area contributed by atoms with Gasteiger partial charge >= 0.3 is 0 Å². The molecule has 4 aliphatic heterocycles. The number of nitrogens with one attached hydrogen (secondary N) is 2. The highest BCUT2D eigenvalue weighted by molar-refractivity contribution is 6.31. The van der Waals surface area contributed by atoms with Crippen LogP contribution in [0.1, 0.15) is 45.1 Å². The summed E-state index contributed by atoms with van der Waals surface area (Å²) in [7, 11) is 0. The lowest BCUT2D eigenvalue weighted by Gasteiger charge is -2.38. The third kappa shape index (κ3) is 6.65. The molecule has 11 heteroatoms. The smallest absolute Gasteiger partial charge is 0.246 e. The Labute approximate surface area is 293 Å². The zero-order valence-corrected chi connectivity index (χ0v) is 29.1. The minimum absolute atomic E-state index is 0.0146. The number of nitrogens with zero attached hydrogens (tertiary/aromatic N) is 3. The number of halogens is 2. The van der Waals surface area contributed by atoms with E-state index in [9.17, 15) is 18.8 Å². The molecule has 0 aromatic heterocycles. The van der Waals surface area contributed by atoms with Gasteiger partial charge in [-0.15, -0.1) is 0 Å². The van der Waals surface area contributed by atoms with Gasteiger partial charge in [0.15, 0.2) is 0 Å². The number of benzene rings is 2. The van der Waals surface area contributed by atoms with Gasteiger partial charge in [0.25, 0.3) is 0 Å². The van der Waals surface area contributed by atoms with Crippen LogP contribution in [0.15, 0.2) is 60.7 Å². The highest BCUT2D eigenvalue weighted by atomic mass is 35.5. The summed E-state index contributed by atoms with van der Waals surface area (Å²) in [6.45, 7) is 10.4.